The van der Waals surface area contributed by atoms with Crippen LogP contribution in [0.15, 0.2) is 11.5 Å². The highest BCUT2D eigenvalue weighted by atomic mass is 32.1. The Morgan fingerprint density at radius 3 is 3.14 bits per heavy atom. The van der Waals surface area contributed by atoms with Gasteiger partial charge in [0.2, 0.25) is 0 Å². The maximum Gasteiger partial charge on any atom is 0.180 e. The van der Waals surface area contributed by atoms with Gasteiger partial charge >= 0.3 is 0 Å². The molecular formula is C10H15N3S. The normalized spacial score (nSPS) is 23.0. The number of rotatable bonds is 2. The fourth-order valence-corrected chi connectivity index (χ4v) is 2.17. The lowest BCUT2D eigenvalue weighted by atomic mass is 10.0. The van der Waals surface area contributed by atoms with E-state index in [2.05, 4.69) is 22.5 Å². The van der Waals surface area contributed by atoms with Gasteiger partial charge in [-0.25, -0.2) is 4.98 Å². The number of hydrogen-bond acceptors (Lipinski definition) is 4. The Kier molecular flexibility index (Phi) is 3.16. The fourth-order valence-electron chi connectivity index (χ4n) is 1.64. The van der Waals surface area contributed by atoms with E-state index in [0.717, 1.165) is 12.2 Å². The summed E-state index contributed by atoms with van der Waals surface area (Å²) in [6.45, 7) is 1.13. The Balaban J connectivity index is 1.92. The Bertz CT molecular complexity index is 313. The highest BCUT2D eigenvalue weighted by Gasteiger charge is 2.08. The van der Waals surface area contributed by atoms with E-state index >= 15 is 0 Å². The molecule has 14 heavy (non-hydrogen) atoms. The number of anilines is 1. The highest BCUT2D eigenvalue weighted by Crippen LogP contribution is 2.14. The molecule has 1 aliphatic heterocycles. The molecule has 0 bridgehead atoms. The van der Waals surface area contributed by atoms with Crippen LogP contribution in [-0.4, -0.2) is 17.6 Å². The molecule has 2 heterocycles. The molecule has 3 N–H and O–H groups in total. The summed E-state index contributed by atoms with van der Waals surface area (Å²) in [7, 11) is 0. The van der Waals surface area contributed by atoms with E-state index in [-0.39, 0.29) is 0 Å². The molecule has 76 valence electrons. The van der Waals surface area contributed by atoms with Crippen molar-refractivity contribution in [1.29, 1.82) is 0 Å². The maximum absolute atomic E-state index is 5.55. The van der Waals surface area contributed by atoms with Crippen LogP contribution in [0, 0.1) is 0 Å². The van der Waals surface area contributed by atoms with Gasteiger partial charge in [-0.2, -0.15) is 0 Å². The summed E-state index contributed by atoms with van der Waals surface area (Å²) in [4.78, 5) is 4.18. The van der Waals surface area contributed by atoms with Gasteiger partial charge in [0.05, 0.1) is 5.69 Å². The zero-order valence-corrected chi connectivity index (χ0v) is 8.89. The van der Waals surface area contributed by atoms with E-state index in [1.54, 1.807) is 0 Å². The molecule has 0 amide bonds. The van der Waals surface area contributed by atoms with Crippen molar-refractivity contribution in [3.8, 4) is 0 Å². The molecular weight excluding hydrogens is 194 g/mol. The van der Waals surface area contributed by atoms with Crippen molar-refractivity contribution >= 4 is 22.5 Å². The minimum atomic E-state index is 0.520. The van der Waals surface area contributed by atoms with Crippen molar-refractivity contribution in [2.75, 3.05) is 12.3 Å². The molecule has 4 heteroatoms. The summed E-state index contributed by atoms with van der Waals surface area (Å²) in [5.41, 5.74) is 6.52. The lowest BCUT2D eigenvalue weighted by molar-refractivity contribution is 0.455. The number of nitrogen functional groups attached to an aromatic ring is 1. The number of thiazole rings is 1. The lowest BCUT2D eigenvalue weighted by Gasteiger charge is -2.19. The van der Waals surface area contributed by atoms with Crippen molar-refractivity contribution in [3.05, 3.63) is 17.2 Å². The highest BCUT2D eigenvalue weighted by molar-refractivity contribution is 7.13. The molecule has 0 saturated carbocycles. The molecule has 1 saturated heterocycles. The average Bonchev–Trinajstić information content (AvgIpc) is 2.63. The zero-order valence-electron chi connectivity index (χ0n) is 8.07. The average molecular weight is 209 g/mol. The lowest BCUT2D eigenvalue weighted by Crippen LogP contribution is -2.31. The van der Waals surface area contributed by atoms with E-state index in [0.29, 0.717) is 11.2 Å². The van der Waals surface area contributed by atoms with Crippen LogP contribution in [0.3, 0.4) is 0 Å². The summed E-state index contributed by atoms with van der Waals surface area (Å²) in [6, 6.07) is 0.520. The fraction of sp³-hybridized carbons (Fsp3) is 0.500. The second-order valence-electron chi connectivity index (χ2n) is 3.53. The van der Waals surface area contributed by atoms with Crippen LogP contribution in [0.25, 0.3) is 6.08 Å². The molecule has 1 unspecified atom stereocenters. The van der Waals surface area contributed by atoms with Crippen molar-refractivity contribution in [2.45, 2.75) is 25.3 Å². The minimum Gasteiger partial charge on any atom is -0.375 e. The van der Waals surface area contributed by atoms with Crippen LogP contribution in [-0.2, 0) is 0 Å². The zero-order chi connectivity index (χ0) is 9.80. The third-order valence-corrected chi connectivity index (χ3v) is 3.08. The Hall–Kier alpha value is -0.870. The predicted molar refractivity (Wildman–Crippen MR) is 61.2 cm³/mol. The van der Waals surface area contributed by atoms with Crippen LogP contribution in [0.1, 0.15) is 25.0 Å². The van der Waals surface area contributed by atoms with E-state index < -0.39 is 0 Å². The molecule has 1 aliphatic rings. The molecule has 1 aromatic heterocycles. The van der Waals surface area contributed by atoms with Gasteiger partial charge in [-0.05, 0) is 25.5 Å². The van der Waals surface area contributed by atoms with Gasteiger partial charge in [0.25, 0.3) is 0 Å². The number of nitrogens with one attached hydrogen (secondary N) is 1. The van der Waals surface area contributed by atoms with E-state index in [4.69, 9.17) is 5.73 Å². The van der Waals surface area contributed by atoms with Gasteiger partial charge in [0.1, 0.15) is 0 Å². The number of aromatic nitrogens is 1. The molecule has 0 radical (unpaired) electrons. The van der Waals surface area contributed by atoms with Gasteiger partial charge in [0.15, 0.2) is 5.13 Å². The third kappa shape index (κ3) is 2.56. The van der Waals surface area contributed by atoms with Crippen LogP contribution < -0.4 is 11.1 Å². The summed E-state index contributed by atoms with van der Waals surface area (Å²) in [5, 5.41) is 6.07. The molecule has 1 aromatic rings. The standard InChI is InChI=1S/C10H15N3S/c11-10-13-9(7-14-10)5-4-8-3-1-2-6-12-8/h4-5,7-8,12H,1-3,6H2,(H2,11,13). The van der Waals surface area contributed by atoms with Gasteiger partial charge in [-0.15, -0.1) is 11.3 Å². The van der Waals surface area contributed by atoms with Crippen molar-refractivity contribution in [1.82, 2.24) is 10.3 Å². The van der Waals surface area contributed by atoms with Gasteiger partial charge in [-0.3, -0.25) is 0 Å². The van der Waals surface area contributed by atoms with Gasteiger partial charge in [-0.1, -0.05) is 12.5 Å². The molecule has 1 atom stereocenters. The molecule has 0 aromatic carbocycles. The first-order valence-corrected chi connectivity index (χ1v) is 5.85. The number of nitrogens with zero attached hydrogens (tertiary/aromatic N) is 1. The number of nitrogens with two attached hydrogens (primary N) is 1. The van der Waals surface area contributed by atoms with Crippen LogP contribution in [0.5, 0.6) is 0 Å². The van der Waals surface area contributed by atoms with Crippen molar-refractivity contribution in [2.24, 2.45) is 0 Å². The van der Waals surface area contributed by atoms with E-state index in [1.165, 1.54) is 30.6 Å². The van der Waals surface area contributed by atoms with Crippen molar-refractivity contribution < 1.29 is 0 Å². The summed E-state index contributed by atoms with van der Waals surface area (Å²) >= 11 is 1.49. The predicted octanol–water partition coefficient (Wildman–Crippen LogP) is 1.88. The van der Waals surface area contributed by atoms with E-state index in [1.807, 2.05) is 5.38 Å². The Labute approximate surface area is 88.0 Å². The second kappa shape index (κ2) is 4.57. The molecule has 3 nitrogen and oxygen atoms in total. The maximum atomic E-state index is 5.55. The molecule has 1 fully saturated rings. The number of piperidine rings is 1. The SMILES string of the molecule is Nc1nc(C=CC2CCCCN2)cs1. The summed E-state index contributed by atoms with van der Waals surface area (Å²) in [5.74, 6) is 0. The summed E-state index contributed by atoms with van der Waals surface area (Å²) < 4.78 is 0. The van der Waals surface area contributed by atoms with Crippen LogP contribution in [0.2, 0.25) is 0 Å². The third-order valence-electron chi connectivity index (χ3n) is 2.39. The number of hydrogen-bond donors (Lipinski definition) is 2. The van der Waals surface area contributed by atoms with Crippen LogP contribution in [0.4, 0.5) is 5.13 Å². The Morgan fingerprint density at radius 2 is 2.50 bits per heavy atom. The monoisotopic (exact) mass is 209 g/mol. The van der Waals surface area contributed by atoms with Gasteiger partial charge in [0, 0.05) is 11.4 Å². The topological polar surface area (TPSA) is 50.9 Å². The smallest absolute Gasteiger partial charge is 0.180 e. The minimum absolute atomic E-state index is 0.520. The van der Waals surface area contributed by atoms with E-state index in [9.17, 15) is 0 Å². The Morgan fingerprint density at radius 1 is 1.57 bits per heavy atom. The second-order valence-corrected chi connectivity index (χ2v) is 4.42. The quantitative estimate of drug-likeness (QED) is 0.782. The van der Waals surface area contributed by atoms with Gasteiger partial charge < -0.3 is 11.1 Å². The molecule has 2 rings (SSSR count). The first-order valence-electron chi connectivity index (χ1n) is 4.97. The molecule has 0 spiro atoms. The largest absolute Gasteiger partial charge is 0.375 e. The molecule has 0 aliphatic carbocycles. The first-order chi connectivity index (χ1) is 6.84. The van der Waals surface area contributed by atoms with Crippen LogP contribution >= 0.6 is 11.3 Å². The first kappa shape index (κ1) is 9.68. The van der Waals surface area contributed by atoms with Crippen molar-refractivity contribution in [3.63, 3.8) is 0 Å². The summed E-state index contributed by atoms with van der Waals surface area (Å²) in [6.07, 6.45) is 8.09.